The SMILES string of the molecule is CC(=O)c1nnc(Nc2ccc(N3CCN(C(C)=O)CC3)cc2)cc1NCc1ccccc1C. The van der Waals surface area contributed by atoms with Gasteiger partial charge in [0, 0.05) is 64.0 Å². The van der Waals surface area contributed by atoms with Crippen molar-refractivity contribution < 1.29 is 9.59 Å². The number of rotatable bonds is 7. The van der Waals surface area contributed by atoms with Gasteiger partial charge in [-0.25, -0.2) is 0 Å². The molecule has 1 aliphatic heterocycles. The van der Waals surface area contributed by atoms with E-state index in [9.17, 15) is 9.59 Å². The predicted octanol–water partition coefficient (Wildman–Crippen LogP) is 4.01. The van der Waals surface area contributed by atoms with Crippen LogP contribution in [0.3, 0.4) is 0 Å². The van der Waals surface area contributed by atoms with E-state index in [1.54, 1.807) is 6.92 Å². The van der Waals surface area contributed by atoms with Crippen LogP contribution in [0, 0.1) is 6.92 Å². The van der Waals surface area contributed by atoms with Gasteiger partial charge in [-0.05, 0) is 42.3 Å². The first kappa shape index (κ1) is 23.2. The minimum Gasteiger partial charge on any atom is -0.379 e. The van der Waals surface area contributed by atoms with Crippen molar-refractivity contribution in [1.29, 1.82) is 0 Å². The fourth-order valence-electron chi connectivity index (χ4n) is 4.03. The number of hydrogen-bond donors (Lipinski definition) is 2. The van der Waals surface area contributed by atoms with E-state index in [1.165, 1.54) is 12.5 Å². The van der Waals surface area contributed by atoms with Crippen LogP contribution in [-0.4, -0.2) is 53.0 Å². The molecule has 1 aromatic heterocycles. The minimum atomic E-state index is -0.138. The molecule has 0 aliphatic carbocycles. The second-order valence-corrected chi connectivity index (χ2v) is 8.49. The fourth-order valence-corrected chi connectivity index (χ4v) is 4.03. The van der Waals surface area contributed by atoms with Crippen LogP contribution < -0.4 is 15.5 Å². The Balaban J connectivity index is 1.44. The van der Waals surface area contributed by atoms with Gasteiger partial charge in [0.1, 0.15) is 0 Å². The van der Waals surface area contributed by atoms with E-state index in [2.05, 4.69) is 56.9 Å². The molecular weight excluding hydrogens is 428 g/mol. The first-order valence-corrected chi connectivity index (χ1v) is 11.5. The number of piperazine rings is 1. The fraction of sp³-hybridized carbons (Fsp3) is 0.308. The van der Waals surface area contributed by atoms with Gasteiger partial charge in [0.05, 0.1) is 5.69 Å². The molecule has 8 heteroatoms. The monoisotopic (exact) mass is 458 g/mol. The molecule has 1 fully saturated rings. The number of aryl methyl sites for hydroxylation is 1. The zero-order valence-corrected chi connectivity index (χ0v) is 19.8. The van der Waals surface area contributed by atoms with Gasteiger partial charge >= 0.3 is 0 Å². The molecule has 3 aromatic rings. The van der Waals surface area contributed by atoms with Crippen molar-refractivity contribution in [2.75, 3.05) is 41.7 Å². The molecule has 176 valence electrons. The maximum absolute atomic E-state index is 12.1. The van der Waals surface area contributed by atoms with Crippen LogP contribution in [0.15, 0.2) is 54.6 Å². The lowest BCUT2D eigenvalue weighted by atomic mass is 10.1. The van der Waals surface area contributed by atoms with Crippen LogP contribution in [0.5, 0.6) is 0 Å². The summed E-state index contributed by atoms with van der Waals surface area (Å²) in [5.41, 5.74) is 5.30. The summed E-state index contributed by atoms with van der Waals surface area (Å²) >= 11 is 0. The number of Topliss-reactive ketones (excluding diaryl/α,β-unsaturated/α-hetero) is 1. The Labute approximate surface area is 200 Å². The summed E-state index contributed by atoms with van der Waals surface area (Å²) in [5.74, 6) is 0.546. The topological polar surface area (TPSA) is 90.5 Å². The smallest absolute Gasteiger partial charge is 0.219 e. The molecule has 1 aliphatic rings. The molecule has 2 heterocycles. The molecular formula is C26H30N6O2. The van der Waals surface area contributed by atoms with E-state index >= 15 is 0 Å². The van der Waals surface area contributed by atoms with Crippen molar-refractivity contribution in [2.24, 2.45) is 0 Å². The largest absolute Gasteiger partial charge is 0.379 e. The highest BCUT2D eigenvalue weighted by Crippen LogP contribution is 2.24. The summed E-state index contributed by atoms with van der Waals surface area (Å²) in [6.07, 6.45) is 0. The predicted molar refractivity (Wildman–Crippen MR) is 135 cm³/mol. The van der Waals surface area contributed by atoms with Crippen molar-refractivity contribution in [3.05, 3.63) is 71.4 Å². The summed E-state index contributed by atoms with van der Waals surface area (Å²) in [4.78, 5) is 27.8. The molecule has 0 bridgehead atoms. The van der Waals surface area contributed by atoms with Crippen molar-refractivity contribution in [3.8, 4) is 0 Å². The maximum atomic E-state index is 12.1. The van der Waals surface area contributed by atoms with Gasteiger partial charge < -0.3 is 20.4 Å². The number of nitrogens with zero attached hydrogens (tertiary/aromatic N) is 4. The van der Waals surface area contributed by atoms with E-state index < -0.39 is 0 Å². The summed E-state index contributed by atoms with van der Waals surface area (Å²) in [5, 5.41) is 15.0. The first-order chi connectivity index (χ1) is 16.4. The zero-order valence-electron chi connectivity index (χ0n) is 19.8. The number of ketones is 1. The third-order valence-electron chi connectivity index (χ3n) is 6.09. The molecule has 0 saturated carbocycles. The molecule has 1 amide bonds. The number of carbonyl (C=O) groups excluding carboxylic acids is 2. The maximum Gasteiger partial charge on any atom is 0.219 e. The van der Waals surface area contributed by atoms with E-state index in [4.69, 9.17) is 0 Å². The molecule has 34 heavy (non-hydrogen) atoms. The second kappa shape index (κ2) is 10.3. The van der Waals surface area contributed by atoms with Crippen molar-refractivity contribution in [2.45, 2.75) is 27.3 Å². The van der Waals surface area contributed by atoms with Gasteiger partial charge in [-0.2, -0.15) is 0 Å². The third kappa shape index (κ3) is 5.51. The quantitative estimate of drug-likeness (QED) is 0.517. The van der Waals surface area contributed by atoms with Crippen molar-refractivity contribution >= 4 is 34.6 Å². The van der Waals surface area contributed by atoms with E-state index in [-0.39, 0.29) is 11.7 Å². The Morgan fingerprint density at radius 2 is 1.65 bits per heavy atom. The molecule has 2 N–H and O–H groups in total. The van der Waals surface area contributed by atoms with Crippen LogP contribution in [0.4, 0.5) is 22.9 Å². The first-order valence-electron chi connectivity index (χ1n) is 11.5. The highest BCUT2D eigenvalue weighted by Gasteiger charge is 2.19. The summed E-state index contributed by atoms with van der Waals surface area (Å²) < 4.78 is 0. The van der Waals surface area contributed by atoms with Crippen LogP contribution >= 0.6 is 0 Å². The van der Waals surface area contributed by atoms with Gasteiger partial charge in [0.2, 0.25) is 5.91 Å². The van der Waals surface area contributed by atoms with Gasteiger partial charge in [0.25, 0.3) is 0 Å². The Hall–Kier alpha value is -3.94. The number of hydrogen-bond acceptors (Lipinski definition) is 7. The van der Waals surface area contributed by atoms with Crippen molar-refractivity contribution in [1.82, 2.24) is 15.1 Å². The zero-order chi connectivity index (χ0) is 24.1. The lowest BCUT2D eigenvalue weighted by Crippen LogP contribution is -2.48. The Morgan fingerprint density at radius 3 is 2.29 bits per heavy atom. The average molecular weight is 459 g/mol. The van der Waals surface area contributed by atoms with E-state index in [0.717, 1.165) is 43.1 Å². The number of carbonyl (C=O) groups is 2. The highest BCUT2D eigenvalue weighted by atomic mass is 16.2. The molecule has 0 unspecified atom stereocenters. The van der Waals surface area contributed by atoms with Crippen LogP contribution in [0.25, 0.3) is 0 Å². The van der Waals surface area contributed by atoms with E-state index in [0.29, 0.717) is 23.7 Å². The highest BCUT2D eigenvalue weighted by molar-refractivity contribution is 5.97. The minimum absolute atomic E-state index is 0.129. The molecule has 0 radical (unpaired) electrons. The van der Waals surface area contributed by atoms with Gasteiger partial charge in [-0.3, -0.25) is 9.59 Å². The lowest BCUT2D eigenvalue weighted by molar-refractivity contribution is -0.129. The molecule has 8 nitrogen and oxygen atoms in total. The third-order valence-corrected chi connectivity index (χ3v) is 6.09. The lowest BCUT2D eigenvalue weighted by Gasteiger charge is -2.35. The molecule has 2 aromatic carbocycles. The number of benzene rings is 2. The average Bonchev–Trinajstić information content (AvgIpc) is 2.84. The summed E-state index contributed by atoms with van der Waals surface area (Å²) in [7, 11) is 0. The van der Waals surface area contributed by atoms with Gasteiger partial charge in [-0.1, -0.05) is 24.3 Å². The molecule has 0 atom stereocenters. The van der Waals surface area contributed by atoms with E-state index in [1.807, 2.05) is 35.2 Å². The van der Waals surface area contributed by atoms with Crippen LogP contribution in [-0.2, 0) is 11.3 Å². The van der Waals surface area contributed by atoms with Crippen LogP contribution in [0.2, 0.25) is 0 Å². The molecule has 1 saturated heterocycles. The van der Waals surface area contributed by atoms with Crippen LogP contribution in [0.1, 0.15) is 35.5 Å². The normalized spacial score (nSPS) is 13.5. The Bertz CT molecular complexity index is 1170. The van der Waals surface area contributed by atoms with Gasteiger partial charge in [-0.15, -0.1) is 10.2 Å². The number of nitrogens with one attached hydrogen (secondary N) is 2. The van der Waals surface area contributed by atoms with Gasteiger partial charge in [0.15, 0.2) is 17.3 Å². The number of amides is 1. The Kier molecular flexibility index (Phi) is 7.06. The molecule has 0 spiro atoms. The second-order valence-electron chi connectivity index (χ2n) is 8.49. The Morgan fingerprint density at radius 1 is 0.941 bits per heavy atom. The standard InChI is InChI=1S/C26H30N6O2/c1-18-6-4-5-7-21(18)17-27-24-16-25(29-30-26(24)19(2)33)28-22-8-10-23(11-9-22)32-14-12-31(13-15-32)20(3)34/h4-11,16H,12-15,17H2,1-3H3,(H2,27,28,29). The summed E-state index contributed by atoms with van der Waals surface area (Å²) in [6.45, 7) is 8.88. The number of aromatic nitrogens is 2. The number of anilines is 4. The summed E-state index contributed by atoms with van der Waals surface area (Å²) in [6, 6.07) is 18.0. The van der Waals surface area contributed by atoms with Crippen molar-refractivity contribution in [3.63, 3.8) is 0 Å². The molecule has 4 rings (SSSR count).